The lowest BCUT2D eigenvalue weighted by Crippen LogP contribution is -2.32. The van der Waals surface area contributed by atoms with Crippen LogP contribution in [0.1, 0.15) is 22.7 Å². The Hall–Kier alpha value is -3.53. The zero-order valence-corrected chi connectivity index (χ0v) is 16.3. The molecule has 146 valence electrons. The van der Waals surface area contributed by atoms with Gasteiger partial charge in [0.05, 0.1) is 13.2 Å². The van der Waals surface area contributed by atoms with Crippen LogP contribution in [0.5, 0.6) is 5.75 Å². The normalized spacial score (nSPS) is 16.4. The molecule has 0 bridgehead atoms. The van der Waals surface area contributed by atoms with Crippen LogP contribution in [0.3, 0.4) is 0 Å². The first-order valence-electron chi connectivity index (χ1n) is 9.66. The van der Waals surface area contributed by atoms with Crippen molar-refractivity contribution in [2.45, 2.75) is 12.5 Å². The Bertz CT molecular complexity index is 1010. The van der Waals surface area contributed by atoms with Crippen molar-refractivity contribution in [3.8, 4) is 5.75 Å². The summed E-state index contributed by atoms with van der Waals surface area (Å²) in [6.07, 6.45) is 0.717. The molecule has 3 aromatic carbocycles. The maximum Gasteiger partial charge on any atom is 0.289 e. The molecule has 1 N–H and O–H groups in total. The SMILES string of the molecule is COc1ccc(C2C(c3ccccc3)=C(O)C(=O)N2CCc2ccccc2)cc1. The molecular weight excluding hydrogens is 362 g/mol. The first kappa shape index (κ1) is 18.8. The van der Waals surface area contributed by atoms with Gasteiger partial charge in [-0.05, 0) is 35.2 Å². The molecule has 29 heavy (non-hydrogen) atoms. The van der Waals surface area contributed by atoms with Crippen molar-refractivity contribution in [2.75, 3.05) is 13.7 Å². The van der Waals surface area contributed by atoms with Crippen LogP contribution in [0.25, 0.3) is 5.57 Å². The minimum atomic E-state index is -0.348. The number of ether oxygens (including phenoxy) is 1. The van der Waals surface area contributed by atoms with E-state index in [0.717, 1.165) is 22.4 Å². The molecule has 4 rings (SSSR count). The highest BCUT2D eigenvalue weighted by molar-refractivity contribution is 6.05. The molecule has 1 aliphatic rings. The van der Waals surface area contributed by atoms with E-state index in [9.17, 15) is 9.90 Å². The van der Waals surface area contributed by atoms with Crippen LogP contribution in [0, 0.1) is 0 Å². The van der Waals surface area contributed by atoms with Crippen LogP contribution in [0.15, 0.2) is 90.7 Å². The summed E-state index contributed by atoms with van der Waals surface area (Å²) in [4.78, 5) is 14.8. The monoisotopic (exact) mass is 385 g/mol. The second-order valence-corrected chi connectivity index (χ2v) is 7.04. The van der Waals surface area contributed by atoms with Gasteiger partial charge in [-0.3, -0.25) is 4.79 Å². The van der Waals surface area contributed by atoms with Gasteiger partial charge in [-0.15, -0.1) is 0 Å². The minimum absolute atomic E-state index is 0.176. The number of amides is 1. The molecule has 0 aromatic heterocycles. The largest absolute Gasteiger partial charge is 0.503 e. The van der Waals surface area contributed by atoms with Crippen LogP contribution in [0.4, 0.5) is 0 Å². The average Bonchev–Trinajstić information content (AvgIpc) is 3.04. The predicted molar refractivity (Wildman–Crippen MR) is 114 cm³/mol. The van der Waals surface area contributed by atoms with Gasteiger partial charge in [0.25, 0.3) is 5.91 Å². The number of rotatable bonds is 6. The number of aliphatic hydroxyl groups excluding tert-OH is 1. The molecule has 0 fully saturated rings. The number of methoxy groups -OCH3 is 1. The first-order valence-corrected chi connectivity index (χ1v) is 9.66. The Morgan fingerprint density at radius 3 is 2.14 bits per heavy atom. The summed E-state index contributed by atoms with van der Waals surface area (Å²) in [6.45, 7) is 0.514. The molecule has 0 saturated heterocycles. The smallest absolute Gasteiger partial charge is 0.289 e. The number of benzene rings is 3. The van der Waals surface area contributed by atoms with E-state index in [0.29, 0.717) is 18.5 Å². The Morgan fingerprint density at radius 1 is 0.897 bits per heavy atom. The fraction of sp³-hybridized carbons (Fsp3) is 0.160. The summed E-state index contributed by atoms with van der Waals surface area (Å²) in [5.41, 5.74) is 3.59. The van der Waals surface area contributed by atoms with Crippen molar-refractivity contribution in [3.63, 3.8) is 0 Å². The highest BCUT2D eigenvalue weighted by atomic mass is 16.5. The van der Waals surface area contributed by atoms with Crippen LogP contribution in [-0.4, -0.2) is 29.6 Å². The molecule has 3 aromatic rings. The maximum absolute atomic E-state index is 13.0. The molecule has 1 amide bonds. The van der Waals surface area contributed by atoms with E-state index < -0.39 is 0 Å². The van der Waals surface area contributed by atoms with Crippen molar-refractivity contribution >= 4 is 11.5 Å². The molecule has 4 heteroatoms. The van der Waals surface area contributed by atoms with E-state index in [2.05, 4.69) is 0 Å². The summed E-state index contributed by atoms with van der Waals surface area (Å²) in [5.74, 6) is 0.244. The Balaban J connectivity index is 1.72. The number of carbonyl (C=O) groups is 1. The summed E-state index contributed by atoms with van der Waals surface area (Å²) in [6, 6.07) is 27.0. The van der Waals surface area contributed by atoms with Crippen LogP contribution in [-0.2, 0) is 11.2 Å². The van der Waals surface area contributed by atoms with Crippen molar-refractivity contribution in [2.24, 2.45) is 0 Å². The Kier molecular flexibility index (Phi) is 5.34. The van der Waals surface area contributed by atoms with Gasteiger partial charge in [-0.2, -0.15) is 0 Å². The van der Waals surface area contributed by atoms with Crippen molar-refractivity contribution < 1.29 is 14.6 Å². The molecular formula is C25H23NO3. The van der Waals surface area contributed by atoms with Crippen molar-refractivity contribution in [1.82, 2.24) is 4.90 Å². The minimum Gasteiger partial charge on any atom is -0.503 e. The van der Waals surface area contributed by atoms with Gasteiger partial charge >= 0.3 is 0 Å². The second-order valence-electron chi connectivity index (χ2n) is 7.04. The fourth-order valence-electron chi connectivity index (χ4n) is 3.82. The Labute approximate surface area is 170 Å². The molecule has 0 spiro atoms. The average molecular weight is 385 g/mol. The van der Waals surface area contributed by atoms with Crippen molar-refractivity contribution in [1.29, 1.82) is 0 Å². The number of hydrogen-bond donors (Lipinski definition) is 1. The van der Waals surface area contributed by atoms with E-state index in [1.165, 1.54) is 0 Å². The fourth-order valence-corrected chi connectivity index (χ4v) is 3.82. The summed E-state index contributed by atoms with van der Waals surface area (Å²) in [7, 11) is 1.63. The zero-order chi connectivity index (χ0) is 20.2. The summed E-state index contributed by atoms with van der Waals surface area (Å²) >= 11 is 0. The van der Waals surface area contributed by atoms with E-state index in [1.807, 2.05) is 84.9 Å². The number of nitrogens with zero attached hydrogens (tertiary/aromatic N) is 1. The summed E-state index contributed by atoms with van der Waals surface area (Å²) < 4.78 is 5.28. The van der Waals surface area contributed by atoms with Crippen LogP contribution < -0.4 is 4.74 Å². The molecule has 0 aliphatic carbocycles. The van der Waals surface area contributed by atoms with E-state index >= 15 is 0 Å². The van der Waals surface area contributed by atoms with Gasteiger partial charge < -0.3 is 14.7 Å². The zero-order valence-electron chi connectivity index (χ0n) is 16.3. The predicted octanol–water partition coefficient (Wildman–Crippen LogP) is 4.79. The lowest BCUT2D eigenvalue weighted by molar-refractivity contribution is -0.129. The molecule has 1 unspecified atom stereocenters. The van der Waals surface area contributed by atoms with Crippen molar-refractivity contribution in [3.05, 3.63) is 107 Å². The Morgan fingerprint density at radius 2 is 1.52 bits per heavy atom. The van der Waals surface area contributed by atoms with Crippen LogP contribution >= 0.6 is 0 Å². The van der Waals surface area contributed by atoms with Gasteiger partial charge in [-0.1, -0.05) is 72.8 Å². The number of hydrogen-bond acceptors (Lipinski definition) is 3. The van der Waals surface area contributed by atoms with Crippen LogP contribution in [0.2, 0.25) is 0 Å². The van der Waals surface area contributed by atoms with E-state index in [4.69, 9.17) is 4.74 Å². The van der Waals surface area contributed by atoms with Gasteiger partial charge in [0.15, 0.2) is 5.76 Å². The number of aliphatic hydroxyl groups is 1. The molecule has 1 aliphatic heterocycles. The third-order valence-electron chi connectivity index (χ3n) is 5.30. The second kappa shape index (κ2) is 8.23. The number of carbonyl (C=O) groups excluding carboxylic acids is 1. The van der Waals surface area contributed by atoms with Gasteiger partial charge in [-0.25, -0.2) is 0 Å². The highest BCUT2D eigenvalue weighted by Crippen LogP contribution is 2.43. The standard InChI is InChI=1S/C25H23NO3/c1-29-21-14-12-20(13-15-21)23-22(19-10-6-3-7-11-19)24(27)25(28)26(23)17-16-18-8-4-2-5-9-18/h2-15,23,27H,16-17H2,1H3. The molecule has 1 atom stereocenters. The van der Waals surface area contributed by atoms with E-state index in [1.54, 1.807) is 12.0 Å². The lowest BCUT2D eigenvalue weighted by Gasteiger charge is -2.27. The molecule has 1 heterocycles. The van der Waals surface area contributed by atoms with Gasteiger partial charge in [0, 0.05) is 12.1 Å². The first-order chi connectivity index (χ1) is 14.2. The quantitative estimate of drug-likeness (QED) is 0.664. The topological polar surface area (TPSA) is 49.8 Å². The third-order valence-corrected chi connectivity index (χ3v) is 5.30. The third kappa shape index (κ3) is 3.74. The van der Waals surface area contributed by atoms with Gasteiger partial charge in [0.2, 0.25) is 0 Å². The summed E-state index contributed by atoms with van der Waals surface area (Å²) in [5, 5.41) is 10.8. The lowest BCUT2D eigenvalue weighted by atomic mass is 9.93. The van der Waals surface area contributed by atoms with E-state index in [-0.39, 0.29) is 17.7 Å². The molecule has 0 radical (unpaired) electrons. The van der Waals surface area contributed by atoms with Gasteiger partial charge in [0.1, 0.15) is 5.75 Å². The maximum atomic E-state index is 13.0. The highest BCUT2D eigenvalue weighted by Gasteiger charge is 2.40. The molecule has 4 nitrogen and oxygen atoms in total. The molecule has 0 saturated carbocycles.